The first-order chi connectivity index (χ1) is 14.3. The number of aromatic carboxylic acids is 1. The average Bonchev–Trinajstić information content (AvgIpc) is 3.30. The lowest BCUT2D eigenvalue weighted by molar-refractivity contribution is -0.384. The fourth-order valence-electron chi connectivity index (χ4n) is 3.42. The highest BCUT2D eigenvalue weighted by Gasteiger charge is 2.25. The van der Waals surface area contributed by atoms with Crippen LogP contribution in [-0.4, -0.2) is 26.5 Å². The fourth-order valence-corrected chi connectivity index (χ4v) is 3.63. The van der Waals surface area contributed by atoms with E-state index in [1.54, 1.807) is 31.2 Å². The molecule has 0 fully saturated rings. The molecule has 2 aromatic carbocycles. The number of para-hydroxylation sites is 1. The third-order valence-electron chi connectivity index (χ3n) is 4.77. The van der Waals surface area contributed by atoms with Crippen molar-refractivity contribution in [3.05, 3.63) is 86.8 Å². The molecule has 0 bridgehead atoms. The second kappa shape index (κ2) is 7.16. The number of halogens is 1. The lowest BCUT2D eigenvalue weighted by atomic mass is 10.1. The van der Waals surface area contributed by atoms with Gasteiger partial charge in [-0.3, -0.25) is 19.5 Å². The van der Waals surface area contributed by atoms with Gasteiger partial charge in [0, 0.05) is 28.8 Å². The number of hydrogen-bond donors (Lipinski definition) is 1. The molecule has 4 aromatic rings. The lowest BCUT2D eigenvalue weighted by Gasteiger charge is -2.05. The molecule has 9 heteroatoms. The molecule has 1 N–H and O–H groups in total. The largest absolute Gasteiger partial charge is 0.478 e. The second-order valence-corrected chi connectivity index (χ2v) is 6.92. The van der Waals surface area contributed by atoms with Crippen LogP contribution in [0.1, 0.15) is 26.6 Å². The fraction of sp³-hybridized carbons (Fsp3) is 0.0476. The van der Waals surface area contributed by atoms with E-state index < -0.39 is 16.8 Å². The molecule has 0 unspecified atom stereocenters. The molecule has 0 aliphatic heterocycles. The van der Waals surface area contributed by atoms with Crippen molar-refractivity contribution in [3.63, 3.8) is 0 Å². The number of aromatic nitrogens is 1. The summed E-state index contributed by atoms with van der Waals surface area (Å²) in [5.74, 6) is -1.59. The Labute approximate surface area is 174 Å². The minimum absolute atomic E-state index is 0.0347. The number of hydrogen-bond acceptors (Lipinski definition) is 5. The Morgan fingerprint density at radius 2 is 1.87 bits per heavy atom. The van der Waals surface area contributed by atoms with Gasteiger partial charge in [-0.2, -0.15) is 0 Å². The first kappa shape index (κ1) is 19.4. The zero-order valence-corrected chi connectivity index (χ0v) is 16.2. The van der Waals surface area contributed by atoms with Gasteiger partial charge in [-0.05, 0) is 31.2 Å². The van der Waals surface area contributed by atoms with Crippen LogP contribution in [0, 0.1) is 17.0 Å². The summed E-state index contributed by atoms with van der Waals surface area (Å²) >= 11 is 6.14. The maximum absolute atomic E-state index is 13.2. The van der Waals surface area contributed by atoms with E-state index in [0.29, 0.717) is 10.9 Å². The number of nitro benzene ring substituents is 1. The first-order valence-electron chi connectivity index (χ1n) is 8.71. The van der Waals surface area contributed by atoms with Gasteiger partial charge in [0.15, 0.2) is 5.76 Å². The van der Waals surface area contributed by atoms with Gasteiger partial charge >= 0.3 is 5.97 Å². The van der Waals surface area contributed by atoms with Crippen molar-refractivity contribution < 1.29 is 24.0 Å². The van der Waals surface area contributed by atoms with Crippen molar-refractivity contribution in [1.82, 2.24) is 4.57 Å². The highest BCUT2D eigenvalue weighted by Crippen LogP contribution is 2.33. The summed E-state index contributed by atoms with van der Waals surface area (Å²) in [5.41, 5.74) is 0.832. The smallest absolute Gasteiger partial charge is 0.338 e. The highest BCUT2D eigenvalue weighted by molar-refractivity contribution is 6.33. The Bertz CT molecular complexity index is 1350. The molecule has 0 saturated heterocycles. The minimum atomic E-state index is -1.14. The van der Waals surface area contributed by atoms with Crippen LogP contribution in [0.4, 0.5) is 5.69 Å². The maximum atomic E-state index is 13.2. The number of carbonyl (C=O) groups excluding carboxylic acids is 1. The van der Waals surface area contributed by atoms with Crippen LogP contribution in [0.3, 0.4) is 0 Å². The number of furan rings is 1. The molecule has 8 nitrogen and oxygen atoms in total. The molecular formula is C21H13ClN2O6. The third kappa shape index (κ3) is 3.03. The molecule has 4 rings (SSSR count). The zero-order chi connectivity index (χ0) is 21.6. The van der Waals surface area contributed by atoms with Crippen molar-refractivity contribution in [3.8, 4) is 11.3 Å². The second-order valence-electron chi connectivity index (χ2n) is 6.51. The number of carbonyl (C=O) groups is 2. The van der Waals surface area contributed by atoms with Gasteiger partial charge in [-0.25, -0.2) is 4.79 Å². The van der Waals surface area contributed by atoms with E-state index in [2.05, 4.69) is 0 Å². The van der Waals surface area contributed by atoms with Gasteiger partial charge in [-0.1, -0.05) is 29.8 Å². The Morgan fingerprint density at radius 1 is 1.13 bits per heavy atom. The first-order valence-corrected chi connectivity index (χ1v) is 9.09. The van der Waals surface area contributed by atoms with E-state index in [9.17, 15) is 24.8 Å². The van der Waals surface area contributed by atoms with Crippen LogP contribution in [0.15, 0.2) is 59.0 Å². The van der Waals surface area contributed by atoms with Gasteiger partial charge in [0.25, 0.3) is 11.6 Å². The van der Waals surface area contributed by atoms with Crippen molar-refractivity contribution in [2.24, 2.45) is 0 Å². The Balaban J connectivity index is 1.82. The van der Waals surface area contributed by atoms with E-state index in [0.717, 1.165) is 0 Å². The number of carboxylic acids is 1. The lowest BCUT2D eigenvalue weighted by Crippen LogP contribution is -2.13. The maximum Gasteiger partial charge on any atom is 0.338 e. The minimum Gasteiger partial charge on any atom is -0.478 e. The summed E-state index contributed by atoms with van der Waals surface area (Å²) in [6.07, 6.45) is 0. The van der Waals surface area contributed by atoms with E-state index in [1.165, 1.54) is 34.9 Å². The monoisotopic (exact) mass is 424 g/mol. The van der Waals surface area contributed by atoms with Crippen LogP contribution in [0.25, 0.3) is 22.2 Å². The van der Waals surface area contributed by atoms with E-state index >= 15 is 0 Å². The number of carboxylic acid groups (broad SMARTS) is 1. The zero-order valence-electron chi connectivity index (χ0n) is 15.5. The quantitative estimate of drug-likeness (QED) is 0.357. The van der Waals surface area contributed by atoms with Crippen LogP contribution >= 0.6 is 11.6 Å². The Kier molecular flexibility index (Phi) is 4.63. The SMILES string of the molecule is Cc1c(C(=O)O)c2ccccc2n1C(=O)c1ccc(-c2cc([N+](=O)[O-])ccc2Cl)o1. The van der Waals surface area contributed by atoms with Crippen LogP contribution in [0.5, 0.6) is 0 Å². The van der Waals surface area contributed by atoms with E-state index in [1.807, 2.05) is 0 Å². The molecule has 0 spiro atoms. The van der Waals surface area contributed by atoms with Crippen molar-refractivity contribution in [2.45, 2.75) is 6.92 Å². The van der Waals surface area contributed by atoms with Crippen molar-refractivity contribution in [1.29, 1.82) is 0 Å². The molecule has 0 amide bonds. The number of nitrogens with zero attached hydrogens (tertiary/aromatic N) is 2. The highest BCUT2D eigenvalue weighted by atomic mass is 35.5. The van der Waals surface area contributed by atoms with E-state index in [-0.39, 0.29) is 39.1 Å². The molecule has 0 saturated carbocycles. The van der Waals surface area contributed by atoms with Gasteiger partial charge in [0.1, 0.15) is 5.76 Å². The predicted molar refractivity (Wildman–Crippen MR) is 109 cm³/mol. The summed E-state index contributed by atoms with van der Waals surface area (Å²) in [7, 11) is 0. The van der Waals surface area contributed by atoms with Gasteiger partial charge in [-0.15, -0.1) is 0 Å². The molecule has 30 heavy (non-hydrogen) atoms. The molecule has 0 atom stereocenters. The van der Waals surface area contributed by atoms with Gasteiger partial charge < -0.3 is 9.52 Å². The molecule has 2 heterocycles. The normalized spacial score (nSPS) is 11.0. The number of fused-ring (bicyclic) bond motifs is 1. The molecule has 0 aliphatic carbocycles. The van der Waals surface area contributed by atoms with Gasteiger partial charge in [0.05, 0.1) is 21.0 Å². The van der Waals surface area contributed by atoms with Crippen molar-refractivity contribution >= 4 is 40.1 Å². The molecule has 0 radical (unpaired) electrons. The van der Waals surface area contributed by atoms with Crippen molar-refractivity contribution in [2.75, 3.05) is 0 Å². The van der Waals surface area contributed by atoms with Crippen LogP contribution in [-0.2, 0) is 0 Å². The van der Waals surface area contributed by atoms with E-state index in [4.69, 9.17) is 16.0 Å². The topological polar surface area (TPSA) is 116 Å². The summed E-state index contributed by atoms with van der Waals surface area (Å²) in [5, 5.41) is 21.3. The number of benzene rings is 2. The molecular weight excluding hydrogens is 412 g/mol. The Morgan fingerprint density at radius 3 is 2.57 bits per heavy atom. The van der Waals surface area contributed by atoms with Crippen LogP contribution < -0.4 is 0 Å². The number of non-ortho nitro benzene ring substituents is 1. The Hall–Kier alpha value is -3.91. The number of rotatable bonds is 4. The summed E-state index contributed by atoms with van der Waals surface area (Å²) in [4.78, 5) is 35.3. The molecule has 150 valence electrons. The van der Waals surface area contributed by atoms with Gasteiger partial charge in [0.2, 0.25) is 0 Å². The summed E-state index contributed by atoms with van der Waals surface area (Å²) in [6.45, 7) is 1.54. The molecule has 0 aliphatic rings. The number of nitro groups is 1. The summed E-state index contributed by atoms with van der Waals surface area (Å²) < 4.78 is 6.92. The average molecular weight is 425 g/mol. The molecule has 2 aromatic heterocycles. The summed E-state index contributed by atoms with van der Waals surface area (Å²) in [6, 6.07) is 13.5. The third-order valence-corrected chi connectivity index (χ3v) is 5.10. The standard InChI is InChI=1S/C21H13ClN2O6/c1-11-19(21(26)27)13-4-2-3-5-16(13)23(11)20(25)18-9-8-17(30-18)14-10-12(24(28)29)6-7-15(14)22/h2-10H,1H3,(H,26,27). The van der Waals surface area contributed by atoms with Crippen LogP contribution in [0.2, 0.25) is 5.02 Å². The predicted octanol–water partition coefficient (Wildman–Crippen LogP) is 5.16.